The third-order valence-corrected chi connectivity index (χ3v) is 2.07. The van der Waals surface area contributed by atoms with Gasteiger partial charge in [-0.2, -0.15) is 0 Å². The van der Waals surface area contributed by atoms with Crippen molar-refractivity contribution in [1.29, 1.82) is 0 Å². The lowest BCUT2D eigenvalue weighted by Crippen LogP contribution is -1.96. The average Bonchev–Trinajstić information content (AvgIpc) is 2.70. The van der Waals surface area contributed by atoms with Gasteiger partial charge in [0.25, 0.3) is 0 Å². The van der Waals surface area contributed by atoms with Crippen LogP contribution in [0.1, 0.15) is 5.56 Å². The van der Waals surface area contributed by atoms with Gasteiger partial charge < -0.3 is 4.74 Å². The highest BCUT2D eigenvalue weighted by molar-refractivity contribution is 5.42. The Bertz CT molecular complexity index is 423. The molecule has 14 heavy (non-hydrogen) atoms. The maximum atomic E-state index is 5.17. The van der Waals surface area contributed by atoms with Crippen LogP contribution in [0, 0.1) is 6.92 Å². The van der Waals surface area contributed by atoms with Crippen LogP contribution in [0.15, 0.2) is 30.6 Å². The summed E-state index contributed by atoms with van der Waals surface area (Å²) >= 11 is 0. The van der Waals surface area contributed by atoms with E-state index < -0.39 is 0 Å². The van der Waals surface area contributed by atoms with Gasteiger partial charge in [-0.1, -0.05) is 5.21 Å². The molecule has 0 N–H and O–H groups in total. The van der Waals surface area contributed by atoms with E-state index in [0.717, 1.165) is 17.0 Å². The molecule has 72 valence electrons. The van der Waals surface area contributed by atoms with E-state index in [1.165, 1.54) is 0 Å². The molecule has 0 bridgehead atoms. The van der Waals surface area contributed by atoms with E-state index in [4.69, 9.17) is 4.74 Å². The molecule has 0 amide bonds. The van der Waals surface area contributed by atoms with Crippen LogP contribution in [0.3, 0.4) is 0 Å². The average molecular weight is 189 g/mol. The highest BCUT2D eigenvalue weighted by atomic mass is 16.5. The van der Waals surface area contributed by atoms with E-state index in [0.29, 0.717) is 0 Å². The zero-order valence-electron chi connectivity index (χ0n) is 8.14. The molecular weight excluding hydrogens is 178 g/mol. The summed E-state index contributed by atoms with van der Waals surface area (Å²) in [5, 5.41) is 7.66. The summed E-state index contributed by atoms with van der Waals surface area (Å²) < 4.78 is 6.89. The number of hydrogen-bond acceptors (Lipinski definition) is 3. The summed E-state index contributed by atoms with van der Waals surface area (Å²) in [4.78, 5) is 0. The van der Waals surface area contributed by atoms with Crippen LogP contribution in [0.5, 0.6) is 5.75 Å². The molecule has 0 unspecified atom stereocenters. The maximum Gasteiger partial charge on any atom is 0.121 e. The minimum Gasteiger partial charge on any atom is -0.496 e. The minimum absolute atomic E-state index is 0.883. The summed E-state index contributed by atoms with van der Waals surface area (Å²) in [6, 6.07) is 5.88. The van der Waals surface area contributed by atoms with Crippen molar-refractivity contribution in [3.05, 3.63) is 36.2 Å². The fourth-order valence-corrected chi connectivity index (χ4v) is 1.35. The molecule has 1 heterocycles. The van der Waals surface area contributed by atoms with Gasteiger partial charge in [0.05, 0.1) is 25.2 Å². The lowest BCUT2D eigenvalue weighted by atomic mass is 10.2. The molecular formula is C10H11N3O. The van der Waals surface area contributed by atoms with E-state index in [1.807, 2.05) is 25.1 Å². The van der Waals surface area contributed by atoms with Crippen LogP contribution in [0.25, 0.3) is 5.69 Å². The highest BCUT2D eigenvalue weighted by Gasteiger charge is 2.01. The van der Waals surface area contributed by atoms with Crippen LogP contribution < -0.4 is 4.74 Å². The van der Waals surface area contributed by atoms with Crippen molar-refractivity contribution in [3.8, 4) is 11.4 Å². The predicted octanol–water partition coefficient (Wildman–Crippen LogP) is 1.58. The van der Waals surface area contributed by atoms with Crippen molar-refractivity contribution >= 4 is 0 Å². The van der Waals surface area contributed by atoms with Crippen LogP contribution in [-0.4, -0.2) is 22.1 Å². The number of aryl methyl sites for hydroxylation is 1. The van der Waals surface area contributed by atoms with Crippen molar-refractivity contribution < 1.29 is 4.74 Å². The topological polar surface area (TPSA) is 39.9 Å². The molecule has 0 aliphatic carbocycles. The van der Waals surface area contributed by atoms with Crippen LogP contribution in [0.4, 0.5) is 0 Å². The standard InChI is InChI=1S/C10H11N3O/c1-8-7-9(3-4-10(8)14-2)13-6-5-11-12-13/h3-7H,1-2H3. The van der Waals surface area contributed by atoms with Crippen LogP contribution >= 0.6 is 0 Å². The predicted molar refractivity (Wildman–Crippen MR) is 52.6 cm³/mol. The molecule has 0 atom stereocenters. The molecule has 2 rings (SSSR count). The van der Waals surface area contributed by atoms with Crippen LogP contribution in [-0.2, 0) is 0 Å². The zero-order chi connectivity index (χ0) is 9.97. The van der Waals surface area contributed by atoms with E-state index >= 15 is 0 Å². The molecule has 1 aromatic heterocycles. The molecule has 4 heteroatoms. The number of benzene rings is 1. The SMILES string of the molecule is COc1ccc(-n2ccnn2)cc1C. The minimum atomic E-state index is 0.883. The molecule has 2 aromatic rings. The number of ether oxygens (including phenoxy) is 1. The molecule has 0 aliphatic heterocycles. The quantitative estimate of drug-likeness (QED) is 0.720. The Labute approximate surface area is 82.1 Å². The van der Waals surface area contributed by atoms with Crippen molar-refractivity contribution in [1.82, 2.24) is 15.0 Å². The van der Waals surface area contributed by atoms with E-state index in [9.17, 15) is 0 Å². The first-order valence-corrected chi connectivity index (χ1v) is 4.32. The second-order valence-corrected chi connectivity index (χ2v) is 3.00. The number of aromatic nitrogens is 3. The largest absolute Gasteiger partial charge is 0.496 e. The van der Waals surface area contributed by atoms with Gasteiger partial charge in [-0.05, 0) is 30.7 Å². The second kappa shape index (κ2) is 3.49. The summed E-state index contributed by atoms with van der Waals surface area (Å²) in [5.74, 6) is 0.883. The fourth-order valence-electron chi connectivity index (χ4n) is 1.35. The van der Waals surface area contributed by atoms with Gasteiger partial charge in [-0.15, -0.1) is 5.10 Å². The van der Waals surface area contributed by atoms with Gasteiger partial charge in [0, 0.05) is 0 Å². The van der Waals surface area contributed by atoms with E-state index in [1.54, 1.807) is 24.2 Å². The van der Waals surface area contributed by atoms with Gasteiger partial charge in [0.1, 0.15) is 5.75 Å². The van der Waals surface area contributed by atoms with Crippen molar-refractivity contribution in [2.24, 2.45) is 0 Å². The molecule has 0 saturated carbocycles. The summed E-state index contributed by atoms with van der Waals surface area (Å²) in [6.45, 7) is 2.00. The second-order valence-electron chi connectivity index (χ2n) is 3.00. The molecule has 0 fully saturated rings. The van der Waals surface area contributed by atoms with Crippen molar-refractivity contribution in [3.63, 3.8) is 0 Å². The van der Waals surface area contributed by atoms with Gasteiger partial charge >= 0.3 is 0 Å². The first kappa shape index (κ1) is 8.74. The lowest BCUT2D eigenvalue weighted by molar-refractivity contribution is 0.411. The fraction of sp³-hybridized carbons (Fsp3) is 0.200. The molecule has 0 aliphatic rings. The normalized spacial score (nSPS) is 10.1. The third kappa shape index (κ3) is 1.46. The Hall–Kier alpha value is -1.84. The maximum absolute atomic E-state index is 5.17. The number of nitrogens with zero attached hydrogens (tertiary/aromatic N) is 3. The highest BCUT2D eigenvalue weighted by Crippen LogP contribution is 2.19. The van der Waals surface area contributed by atoms with Gasteiger partial charge in [0.15, 0.2) is 0 Å². The van der Waals surface area contributed by atoms with E-state index in [2.05, 4.69) is 10.3 Å². The van der Waals surface area contributed by atoms with Gasteiger partial charge in [-0.3, -0.25) is 0 Å². The van der Waals surface area contributed by atoms with Gasteiger partial charge in [-0.25, -0.2) is 4.68 Å². The summed E-state index contributed by atoms with van der Waals surface area (Å²) in [7, 11) is 1.66. The van der Waals surface area contributed by atoms with Crippen LogP contribution in [0.2, 0.25) is 0 Å². The number of rotatable bonds is 2. The molecule has 0 radical (unpaired) electrons. The molecule has 1 aromatic carbocycles. The Morgan fingerprint density at radius 1 is 1.36 bits per heavy atom. The third-order valence-electron chi connectivity index (χ3n) is 2.07. The first-order valence-electron chi connectivity index (χ1n) is 4.32. The molecule has 4 nitrogen and oxygen atoms in total. The number of hydrogen-bond donors (Lipinski definition) is 0. The number of methoxy groups -OCH3 is 1. The van der Waals surface area contributed by atoms with Crippen molar-refractivity contribution in [2.75, 3.05) is 7.11 Å². The zero-order valence-corrected chi connectivity index (χ0v) is 8.14. The Morgan fingerprint density at radius 2 is 2.21 bits per heavy atom. The summed E-state index contributed by atoms with van der Waals surface area (Å²) in [6.07, 6.45) is 3.46. The summed E-state index contributed by atoms with van der Waals surface area (Å²) in [5.41, 5.74) is 2.07. The Kier molecular flexibility index (Phi) is 2.18. The molecule has 0 spiro atoms. The first-order chi connectivity index (χ1) is 6.81. The van der Waals surface area contributed by atoms with Gasteiger partial charge in [0.2, 0.25) is 0 Å². The van der Waals surface area contributed by atoms with Crippen molar-refractivity contribution in [2.45, 2.75) is 6.92 Å². The smallest absolute Gasteiger partial charge is 0.121 e. The molecule has 0 saturated heterocycles. The lowest BCUT2D eigenvalue weighted by Gasteiger charge is -2.06. The monoisotopic (exact) mass is 189 g/mol. The Morgan fingerprint density at radius 3 is 2.79 bits per heavy atom. The van der Waals surface area contributed by atoms with E-state index in [-0.39, 0.29) is 0 Å². The Balaban J connectivity index is 2.43.